The van der Waals surface area contributed by atoms with Gasteiger partial charge >= 0.3 is 0 Å². The Bertz CT molecular complexity index is 544. The molecule has 0 aliphatic heterocycles. The summed E-state index contributed by atoms with van der Waals surface area (Å²) in [5, 5.41) is 4.99. The monoisotopic (exact) mass is 245 g/mol. The minimum absolute atomic E-state index is 0.141. The highest BCUT2D eigenvalue weighted by atomic mass is 32.2. The lowest BCUT2D eigenvalue weighted by Gasteiger charge is -2.00. The van der Waals surface area contributed by atoms with Crippen molar-refractivity contribution in [3.63, 3.8) is 0 Å². The normalized spacial score (nSPS) is 11.5. The highest BCUT2D eigenvalue weighted by molar-refractivity contribution is 7.94. The molecule has 2 aromatic rings. The summed E-state index contributed by atoms with van der Waals surface area (Å²) in [5.74, 6) is 0.141. The van der Waals surface area contributed by atoms with Gasteiger partial charge in [-0.1, -0.05) is 5.16 Å². The van der Waals surface area contributed by atoms with Crippen LogP contribution < -0.4 is 10.5 Å². The van der Waals surface area contributed by atoms with Gasteiger partial charge in [0.05, 0.1) is 0 Å². The minimum Gasteiger partial charge on any atom is -0.398 e. The van der Waals surface area contributed by atoms with Crippen LogP contribution >= 0.6 is 11.3 Å². The van der Waals surface area contributed by atoms with Crippen LogP contribution in [-0.2, 0) is 10.0 Å². The Morgan fingerprint density at radius 1 is 1.53 bits per heavy atom. The average molecular weight is 245 g/mol. The van der Waals surface area contributed by atoms with Crippen molar-refractivity contribution in [1.29, 1.82) is 0 Å². The third-order valence-corrected chi connectivity index (χ3v) is 4.35. The van der Waals surface area contributed by atoms with Gasteiger partial charge in [0, 0.05) is 17.1 Å². The molecule has 0 saturated heterocycles. The second-order valence-corrected chi connectivity index (χ2v) is 5.51. The van der Waals surface area contributed by atoms with E-state index in [4.69, 9.17) is 5.73 Å². The first-order valence-corrected chi connectivity index (χ1v) is 6.21. The molecular formula is C7H7N3O3S2. The van der Waals surface area contributed by atoms with E-state index in [0.29, 0.717) is 5.69 Å². The lowest BCUT2D eigenvalue weighted by atomic mass is 10.6. The fourth-order valence-corrected chi connectivity index (χ4v) is 3.00. The molecule has 0 aliphatic rings. The Kier molecular flexibility index (Phi) is 2.37. The van der Waals surface area contributed by atoms with Crippen molar-refractivity contribution < 1.29 is 12.9 Å². The number of aromatic nitrogens is 1. The molecule has 15 heavy (non-hydrogen) atoms. The average Bonchev–Trinajstić information content (AvgIpc) is 2.75. The zero-order valence-corrected chi connectivity index (χ0v) is 9.01. The van der Waals surface area contributed by atoms with Crippen molar-refractivity contribution in [1.82, 2.24) is 5.16 Å². The van der Waals surface area contributed by atoms with Gasteiger partial charge in [0.25, 0.3) is 10.0 Å². The van der Waals surface area contributed by atoms with Crippen LogP contribution in [-0.4, -0.2) is 13.6 Å². The second kappa shape index (κ2) is 3.55. The van der Waals surface area contributed by atoms with E-state index in [2.05, 4.69) is 14.4 Å². The highest BCUT2D eigenvalue weighted by Gasteiger charge is 2.17. The number of nitrogen functional groups attached to an aromatic ring is 1. The fourth-order valence-electron chi connectivity index (χ4n) is 0.924. The smallest absolute Gasteiger partial charge is 0.272 e. The van der Waals surface area contributed by atoms with Gasteiger partial charge in [-0.15, -0.1) is 11.3 Å². The molecule has 0 saturated carbocycles. The zero-order chi connectivity index (χ0) is 10.9. The van der Waals surface area contributed by atoms with Gasteiger partial charge < -0.3 is 10.3 Å². The number of sulfonamides is 1. The van der Waals surface area contributed by atoms with Crippen LogP contribution in [0.15, 0.2) is 32.5 Å². The van der Waals surface area contributed by atoms with Crippen LogP contribution in [0, 0.1) is 0 Å². The summed E-state index contributed by atoms with van der Waals surface area (Å²) in [6, 6.07) is 2.79. The number of nitrogens with zero attached hydrogens (tertiary/aromatic N) is 1. The summed E-state index contributed by atoms with van der Waals surface area (Å²) in [4.78, 5) is 0. The topological polar surface area (TPSA) is 98.2 Å². The van der Waals surface area contributed by atoms with E-state index in [-0.39, 0.29) is 10.0 Å². The van der Waals surface area contributed by atoms with E-state index in [0.717, 1.165) is 11.3 Å². The molecule has 3 N–H and O–H groups in total. The van der Waals surface area contributed by atoms with Crippen molar-refractivity contribution in [2.45, 2.75) is 4.21 Å². The van der Waals surface area contributed by atoms with Crippen molar-refractivity contribution in [3.05, 3.63) is 23.8 Å². The van der Waals surface area contributed by atoms with Crippen molar-refractivity contribution in [2.24, 2.45) is 0 Å². The Hall–Kier alpha value is -1.54. The molecule has 0 fully saturated rings. The molecular weight excluding hydrogens is 238 g/mol. The predicted octanol–water partition coefficient (Wildman–Crippen LogP) is 1.12. The molecule has 80 valence electrons. The van der Waals surface area contributed by atoms with E-state index < -0.39 is 10.0 Å². The number of rotatable bonds is 3. The zero-order valence-electron chi connectivity index (χ0n) is 7.38. The van der Waals surface area contributed by atoms with E-state index >= 15 is 0 Å². The van der Waals surface area contributed by atoms with Crippen molar-refractivity contribution >= 4 is 32.9 Å². The Morgan fingerprint density at radius 2 is 2.33 bits per heavy atom. The van der Waals surface area contributed by atoms with E-state index in [9.17, 15) is 8.42 Å². The van der Waals surface area contributed by atoms with Crippen LogP contribution in [0.4, 0.5) is 11.5 Å². The van der Waals surface area contributed by atoms with Gasteiger partial charge in [-0.2, -0.15) is 0 Å². The summed E-state index contributed by atoms with van der Waals surface area (Å²) in [6.45, 7) is 0. The number of nitrogens with two attached hydrogens (primary N) is 1. The predicted molar refractivity (Wildman–Crippen MR) is 56.0 cm³/mol. The summed E-state index contributed by atoms with van der Waals surface area (Å²) >= 11 is 1.04. The van der Waals surface area contributed by atoms with Crippen LogP contribution in [0.1, 0.15) is 0 Å². The first kappa shape index (κ1) is 9.99. The maximum atomic E-state index is 11.7. The number of hydrogen-bond donors (Lipinski definition) is 2. The maximum Gasteiger partial charge on any atom is 0.272 e. The van der Waals surface area contributed by atoms with Crippen LogP contribution in [0.2, 0.25) is 0 Å². The Labute approximate surface area is 89.7 Å². The first-order chi connectivity index (χ1) is 7.08. The molecule has 0 aromatic carbocycles. The molecule has 2 heterocycles. The van der Waals surface area contributed by atoms with Crippen LogP contribution in [0.25, 0.3) is 0 Å². The molecule has 8 heteroatoms. The molecule has 2 rings (SSSR count). The lowest BCUT2D eigenvalue weighted by molar-refractivity contribution is 0.423. The number of hydrogen-bond acceptors (Lipinski definition) is 6. The van der Waals surface area contributed by atoms with Gasteiger partial charge in [-0.3, -0.25) is 4.72 Å². The lowest BCUT2D eigenvalue weighted by Crippen LogP contribution is -2.11. The van der Waals surface area contributed by atoms with Crippen LogP contribution in [0.5, 0.6) is 0 Å². The van der Waals surface area contributed by atoms with Gasteiger partial charge in [-0.25, -0.2) is 8.42 Å². The third kappa shape index (κ3) is 2.10. The Balaban J connectivity index is 2.28. The molecule has 0 bridgehead atoms. The molecule has 0 aliphatic carbocycles. The number of thiophene rings is 1. The molecule has 0 radical (unpaired) electrons. The first-order valence-electron chi connectivity index (χ1n) is 3.85. The SMILES string of the molecule is Nc1csc(S(=O)(=O)Nc2ccon2)c1. The Morgan fingerprint density at radius 3 is 2.87 bits per heavy atom. The molecule has 6 nitrogen and oxygen atoms in total. The molecule has 0 spiro atoms. The molecule has 0 atom stereocenters. The molecule has 0 unspecified atom stereocenters. The van der Waals surface area contributed by atoms with E-state index in [1.807, 2.05) is 0 Å². The minimum atomic E-state index is -3.60. The summed E-state index contributed by atoms with van der Waals surface area (Å²) in [5.41, 5.74) is 5.85. The largest absolute Gasteiger partial charge is 0.398 e. The van der Waals surface area contributed by atoms with Crippen molar-refractivity contribution in [3.8, 4) is 0 Å². The summed E-state index contributed by atoms with van der Waals surface area (Å²) in [6.07, 6.45) is 1.28. The molecule has 2 aromatic heterocycles. The van der Waals surface area contributed by atoms with Crippen molar-refractivity contribution in [2.75, 3.05) is 10.5 Å². The number of anilines is 2. The van der Waals surface area contributed by atoms with E-state index in [1.54, 1.807) is 5.38 Å². The van der Waals surface area contributed by atoms with Gasteiger partial charge in [0.1, 0.15) is 10.5 Å². The van der Waals surface area contributed by atoms with Gasteiger partial charge in [-0.05, 0) is 6.07 Å². The van der Waals surface area contributed by atoms with Gasteiger partial charge in [0.15, 0.2) is 5.82 Å². The standard InChI is InChI=1S/C7H7N3O3S2/c8-5-3-7(14-4-5)15(11,12)10-6-1-2-13-9-6/h1-4H,8H2,(H,9,10). The third-order valence-electron chi connectivity index (χ3n) is 1.54. The summed E-state index contributed by atoms with van der Waals surface area (Å²) < 4.78 is 30.2. The summed E-state index contributed by atoms with van der Waals surface area (Å²) in [7, 11) is -3.60. The van der Waals surface area contributed by atoms with Gasteiger partial charge in [0.2, 0.25) is 0 Å². The highest BCUT2D eigenvalue weighted by Crippen LogP contribution is 2.23. The maximum absolute atomic E-state index is 11.7. The quantitative estimate of drug-likeness (QED) is 0.844. The fraction of sp³-hybridized carbons (Fsp3) is 0. The molecule has 0 amide bonds. The second-order valence-electron chi connectivity index (χ2n) is 2.69. The van der Waals surface area contributed by atoms with E-state index in [1.165, 1.54) is 18.4 Å². The van der Waals surface area contributed by atoms with Crippen LogP contribution in [0.3, 0.4) is 0 Å². The number of nitrogens with one attached hydrogen (secondary N) is 1.